The molecule has 0 bridgehead atoms. The van der Waals surface area contributed by atoms with Crippen molar-refractivity contribution >= 4 is 5.91 Å². The van der Waals surface area contributed by atoms with Gasteiger partial charge in [-0.15, -0.1) is 0 Å². The number of nitrogens with zero attached hydrogens (tertiary/aromatic N) is 1. The lowest BCUT2D eigenvalue weighted by molar-refractivity contribution is -0.135. The summed E-state index contributed by atoms with van der Waals surface area (Å²) in [6.45, 7) is 6.67. The molecule has 2 aromatic rings. The Kier molecular flexibility index (Phi) is 5.78. The number of benzene rings is 2. The second-order valence-corrected chi connectivity index (χ2v) is 6.65. The number of hydrogen-bond acceptors (Lipinski definition) is 4. The van der Waals surface area contributed by atoms with Gasteiger partial charge in [0, 0.05) is 19.5 Å². The van der Waals surface area contributed by atoms with E-state index >= 15 is 0 Å². The number of aryl methyl sites for hydroxylation is 3. The summed E-state index contributed by atoms with van der Waals surface area (Å²) in [6.07, 6.45) is 1.23. The molecule has 5 heteroatoms. The first-order valence-electron chi connectivity index (χ1n) is 8.95. The summed E-state index contributed by atoms with van der Waals surface area (Å²) in [5, 5.41) is 9.37. The fraction of sp³-hybridized carbons (Fsp3) is 0.381. The van der Waals surface area contributed by atoms with Crippen LogP contribution in [0, 0.1) is 13.8 Å². The standard InChI is InChI=1S/C21H25NO4/c1-15-13-17(3-8-20(24)22-9-11-25-12-10-22)14-16(2)21(15)26-19-6-4-18(23)5-7-19/h4-7,13-14,23H,3,8-12H2,1-2H3. The van der Waals surface area contributed by atoms with Gasteiger partial charge in [-0.05, 0) is 61.2 Å². The van der Waals surface area contributed by atoms with Crippen molar-refractivity contribution in [3.63, 3.8) is 0 Å². The number of aromatic hydroxyl groups is 1. The van der Waals surface area contributed by atoms with Crippen LogP contribution in [0.25, 0.3) is 0 Å². The molecule has 0 radical (unpaired) electrons. The molecule has 0 aromatic heterocycles. The van der Waals surface area contributed by atoms with Crippen LogP contribution >= 0.6 is 0 Å². The molecule has 1 N–H and O–H groups in total. The molecule has 138 valence electrons. The van der Waals surface area contributed by atoms with E-state index in [9.17, 15) is 9.90 Å². The van der Waals surface area contributed by atoms with E-state index in [0.717, 1.165) is 28.9 Å². The molecule has 0 unspecified atom stereocenters. The smallest absolute Gasteiger partial charge is 0.223 e. The van der Waals surface area contributed by atoms with Gasteiger partial charge in [-0.3, -0.25) is 4.79 Å². The Bertz CT molecular complexity index is 741. The average Bonchev–Trinajstić information content (AvgIpc) is 2.65. The molecule has 1 aliphatic heterocycles. The molecular weight excluding hydrogens is 330 g/mol. The topological polar surface area (TPSA) is 59.0 Å². The van der Waals surface area contributed by atoms with E-state index in [1.165, 1.54) is 0 Å². The average molecular weight is 355 g/mol. The number of amides is 1. The Labute approximate surface area is 154 Å². The molecule has 0 aliphatic carbocycles. The minimum atomic E-state index is 0.188. The molecule has 1 saturated heterocycles. The number of carbonyl (C=O) groups is 1. The summed E-state index contributed by atoms with van der Waals surface area (Å²) in [5.74, 6) is 1.90. The summed E-state index contributed by atoms with van der Waals surface area (Å²) >= 11 is 0. The van der Waals surface area contributed by atoms with Gasteiger partial charge in [0.05, 0.1) is 13.2 Å². The Hall–Kier alpha value is -2.53. The van der Waals surface area contributed by atoms with E-state index in [-0.39, 0.29) is 11.7 Å². The number of phenols is 1. The van der Waals surface area contributed by atoms with Crippen molar-refractivity contribution in [3.05, 3.63) is 53.1 Å². The van der Waals surface area contributed by atoms with Gasteiger partial charge >= 0.3 is 0 Å². The summed E-state index contributed by atoms with van der Waals surface area (Å²) in [7, 11) is 0. The zero-order chi connectivity index (χ0) is 18.5. The molecule has 1 amide bonds. The first-order valence-corrected chi connectivity index (χ1v) is 8.95. The van der Waals surface area contributed by atoms with Gasteiger partial charge in [-0.2, -0.15) is 0 Å². The molecule has 0 spiro atoms. The van der Waals surface area contributed by atoms with Crippen molar-refractivity contribution < 1.29 is 19.4 Å². The molecule has 2 aromatic carbocycles. The zero-order valence-corrected chi connectivity index (χ0v) is 15.3. The van der Waals surface area contributed by atoms with E-state index in [1.807, 2.05) is 18.7 Å². The van der Waals surface area contributed by atoms with Crippen molar-refractivity contribution in [1.82, 2.24) is 4.90 Å². The molecule has 1 heterocycles. The summed E-state index contributed by atoms with van der Waals surface area (Å²) < 4.78 is 11.3. The molecular formula is C21H25NO4. The minimum Gasteiger partial charge on any atom is -0.508 e. The van der Waals surface area contributed by atoms with Gasteiger partial charge in [0.25, 0.3) is 0 Å². The largest absolute Gasteiger partial charge is 0.508 e. The van der Waals surface area contributed by atoms with Gasteiger partial charge in [0.15, 0.2) is 0 Å². The first kappa shape index (κ1) is 18.3. The number of morpholine rings is 1. The van der Waals surface area contributed by atoms with Gasteiger partial charge in [-0.25, -0.2) is 0 Å². The molecule has 26 heavy (non-hydrogen) atoms. The van der Waals surface area contributed by atoms with Gasteiger partial charge in [-0.1, -0.05) is 12.1 Å². The van der Waals surface area contributed by atoms with Gasteiger partial charge < -0.3 is 19.5 Å². The monoisotopic (exact) mass is 355 g/mol. The number of rotatable bonds is 5. The van der Waals surface area contributed by atoms with Crippen LogP contribution in [0.2, 0.25) is 0 Å². The van der Waals surface area contributed by atoms with Gasteiger partial charge in [0.2, 0.25) is 5.91 Å². The first-order chi connectivity index (χ1) is 12.5. The van der Waals surface area contributed by atoms with Crippen LogP contribution in [0.4, 0.5) is 0 Å². The third-order valence-electron chi connectivity index (χ3n) is 4.57. The lowest BCUT2D eigenvalue weighted by Crippen LogP contribution is -2.40. The third-order valence-corrected chi connectivity index (χ3v) is 4.57. The predicted octanol–water partition coefficient (Wildman–Crippen LogP) is 3.59. The summed E-state index contributed by atoms with van der Waals surface area (Å²) in [4.78, 5) is 14.2. The van der Waals surface area contributed by atoms with Crippen molar-refractivity contribution in [2.75, 3.05) is 26.3 Å². The molecule has 3 rings (SSSR count). The van der Waals surface area contributed by atoms with Crippen molar-refractivity contribution in [3.8, 4) is 17.2 Å². The number of hydrogen-bond donors (Lipinski definition) is 1. The highest BCUT2D eigenvalue weighted by Gasteiger charge is 2.17. The second kappa shape index (κ2) is 8.23. The van der Waals surface area contributed by atoms with E-state index in [1.54, 1.807) is 24.3 Å². The highest BCUT2D eigenvalue weighted by atomic mass is 16.5. The zero-order valence-electron chi connectivity index (χ0n) is 15.3. The van der Waals surface area contributed by atoms with Crippen molar-refractivity contribution in [2.24, 2.45) is 0 Å². The number of carbonyl (C=O) groups excluding carboxylic acids is 1. The predicted molar refractivity (Wildman–Crippen MR) is 99.8 cm³/mol. The van der Waals surface area contributed by atoms with Crippen LogP contribution in [0.3, 0.4) is 0 Å². The van der Waals surface area contributed by atoms with Gasteiger partial charge in [0.1, 0.15) is 17.2 Å². The Morgan fingerprint density at radius 1 is 1.12 bits per heavy atom. The quantitative estimate of drug-likeness (QED) is 0.890. The molecule has 1 fully saturated rings. The minimum absolute atomic E-state index is 0.188. The van der Waals surface area contributed by atoms with E-state index in [2.05, 4.69) is 12.1 Å². The second-order valence-electron chi connectivity index (χ2n) is 6.65. The van der Waals surface area contributed by atoms with Crippen molar-refractivity contribution in [1.29, 1.82) is 0 Å². The van der Waals surface area contributed by atoms with Crippen LogP contribution in [-0.2, 0) is 16.0 Å². The van der Waals surface area contributed by atoms with Crippen LogP contribution in [0.15, 0.2) is 36.4 Å². The number of phenolic OH excluding ortho intramolecular Hbond substituents is 1. The van der Waals surface area contributed by atoms with Crippen LogP contribution in [0.1, 0.15) is 23.1 Å². The Morgan fingerprint density at radius 3 is 2.35 bits per heavy atom. The molecule has 0 atom stereocenters. The lowest BCUT2D eigenvalue weighted by Gasteiger charge is -2.26. The van der Waals surface area contributed by atoms with E-state index in [0.29, 0.717) is 38.5 Å². The maximum absolute atomic E-state index is 12.3. The van der Waals surface area contributed by atoms with E-state index < -0.39 is 0 Å². The molecule has 5 nitrogen and oxygen atoms in total. The SMILES string of the molecule is Cc1cc(CCC(=O)N2CCOCC2)cc(C)c1Oc1ccc(O)cc1. The summed E-state index contributed by atoms with van der Waals surface area (Å²) in [6, 6.07) is 10.8. The highest BCUT2D eigenvalue weighted by Crippen LogP contribution is 2.31. The highest BCUT2D eigenvalue weighted by molar-refractivity contribution is 5.76. The normalized spacial score (nSPS) is 14.3. The van der Waals surface area contributed by atoms with Crippen LogP contribution < -0.4 is 4.74 Å². The maximum Gasteiger partial charge on any atom is 0.223 e. The Balaban J connectivity index is 1.64. The molecule has 1 aliphatic rings. The molecule has 0 saturated carbocycles. The van der Waals surface area contributed by atoms with E-state index in [4.69, 9.17) is 9.47 Å². The maximum atomic E-state index is 12.3. The fourth-order valence-electron chi connectivity index (χ4n) is 3.20. The fourth-order valence-corrected chi connectivity index (χ4v) is 3.20. The van der Waals surface area contributed by atoms with Crippen LogP contribution in [0.5, 0.6) is 17.2 Å². The van der Waals surface area contributed by atoms with Crippen LogP contribution in [-0.4, -0.2) is 42.2 Å². The van der Waals surface area contributed by atoms with Crippen molar-refractivity contribution in [2.45, 2.75) is 26.7 Å². The number of ether oxygens (including phenoxy) is 2. The Morgan fingerprint density at radius 2 is 1.73 bits per heavy atom. The third kappa shape index (κ3) is 4.55. The lowest BCUT2D eigenvalue weighted by atomic mass is 10.0. The summed E-state index contributed by atoms with van der Waals surface area (Å²) in [5.41, 5.74) is 3.21.